The van der Waals surface area contributed by atoms with E-state index in [-0.39, 0.29) is 5.75 Å². The number of rotatable bonds is 4. The first-order valence-corrected chi connectivity index (χ1v) is 7.35. The molecule has 0 bridgehead atoms. The van der Waals surface area contributed by atoms with E-state index in [1.54, 1.807) is 6.07 Å². The lowest BCUT2D eigenvalue weighted by Crippen LogP contribution is -2.18. The largest absolute Gasteiger partial charge is 0.508 e. The van der Waals surface area contributed by atoms with Gasteiger partial charge < -0.3 is 15.6 Å². The van der Waals surface area contributed by atoms with Gasteiger partial charge in [0, 0.05) is 36.7 Å². The fourth-order valence-electron chi connectivity index (χ4n) is 2.39. The molecule has 1 heterocycles. The maximum absolute atomic E-state index is 9.99. The Kier molecular flexibility index (Phi) is 5.01. The third-order valence-corrected chi connectivity index (χ3v) is 3.99. The molecule has 3 N–H and O–H groups in total. The number of benzene rings is 1. The summed E-state index contributed by atoms with van der Waals surface area (Å²) >= 11 is 0. The molecule has 0 spiro atoms. The van der Waals surface area contributed by atoms with Gasteiger partial charge in [-0.25, -0.2) is 0 Å². The van der Waals surface area contributed by atoms with Crippen LogP contribution < -0.4 is 5.73 Å². The van der Waals surface area contributed by atoms with E-state index in [0.29, 0.717) is 17.6 Å². The van der Waals surface area contributed by atoms with E-state index < -0.39 is 0 Å². The average molecular weight is 276 g/mol. The molecule has 0 aromatic heterocycles. The van der Waals surface area contributed by atoms with Crippen LogP contribution in [0.2, 0.25) is 0 Å². The van der Waals surface area contributed by atoms with E-state index in [2.05, 4.69) is 18.8 Å². The molecule has 1 atom stereocenters. The molecular formula is C16H24N2O2. The van der Waals surface area contributed by atoms with Crippen molar-refractivity contribution in [3.05, 3.63) is 23.3 Å². The molecule has 4 heteroatoms. The topological polar surface area (TPSA) is 67.8 Å². The van der Waals surface area contributed by atoms with Gasteiger partial charge >= 0.3 is 0 Å². The van der Waals surface area contributed by atoms with Crippen LogP contribution in [0.4, 0.5) is 5.69 Å². The molecule has 0 aliphatic carbocycles. The maximum atomic E-state index is 9.99. The fraction of sp³-hybridized carbons (Fsp3) is 0.562. The summed E-state index contributed by atoms with van der Waals surface area (Å²) in [5.41, 5.74) is 8.38. The van der Waals surface area contributed by atoms with Gasteiger partial charge in [-0.15, -0.1) is 0 Å². The molecule has 1 aliphatic heterocycles. The predicted octanol–water partition coefficient (Wildman–Crippen LogP) is 3.09. The van der Waals surface area contributed by atoms with Crippen LogP contribution in [0.3, 0.4) is 0 Å². The number of nitrogen functional groups attached to an aromatic ring is 1. The minimum absolute atomic E-state index is 0.278. The van der Waals surface area contributed by atoms with E-state index >= 15 is 0 Å². The molecule has 2 rings (SSSR count). The van der Waals surface area contributed by atoms with Crippen molar-refractivity contribution in [1.29, 1.82) is 0 Å². The smallest absolute Gasteiger partial charge is 0.121 e. The van der Waals surface area contributed by atoms with Crippen LogP contribution in [0.5, 0.6) is 5.75 Å². The number of ether oxygens (including phenoxy) is 1. The standard InChI is InChI=1S/C16H24N2O2/c1-3-11(2)14-8-12(15(17)9-16(14)19)10-18-13-4-6-20-7-5-13/h8-11,13,19H,3-7,17H2,1-2H3. The quantitative estimate of drug-likeness (QED) is 0.656. The van der Waals surface area contributed by atoms with Gasteiger partial charge in [-0.3, -0.25) is 4.99 Å². The van der Waals surface area contributed by atoms with Crippen LogP contribution in [-0.2, 0) is 4.74 Å². The highest BCUT2D eigenvalue weighted by Gasteiger charge is 2.13. The SMILES string of the molecule is CCC(C)c1cc(C=NC2CCOCC2)c(N)cc1O. The molecule has 0 amide bonds. The van der Waals surface area contributed by atoms with Crippen molar-refractivity contribution in [2.45, 2.75) is 45.1 Å². The lowest BCUT2D eigenvalue weighted by atomic mass is 9.95. The van der Waals surface area contributed by atoms with E-state index in [9.17, 15) is 5.11 Å². The van der Waals surface area contributed by atoms with Crippen molar-refractivity contribution >= 4 is 11.9 Å². The molecule has 0 radical (unpaired) electrons. The molecule has 0 saturated carbocycles. The van der Waals surface area contributed by atoms with Crippen molar-refractivity contribution in [3.8, 4) is 5.75 Å². The van der Waals surface area contributed by atoms with Gasteiger partial charge in [0.1, 0.15) is 5.75 Å². The third kappa shape index (κ3) is 3.51. The van der Waals surface area contributed by atoms with Crippen LogP contribution >= 0.6 is 0 Å². The fourth-order valence-corrected chi connectivity index (χ4v) is 2.39. The Morgan fingerprint density at radius 3 is 2.80 bits per heavy atom. The number of phenols is 1. The molecule has 1 aromatic rings. The summed E-state index contributed by atoms with van der Waals surface area (Å²) in [6.45, 7) is 5.78. The Labute approximate surface area is 120 Å². The van der Waals surface area contributed by atoms with E-state index in [1.807, 2.05) is 12.3 Å². The average Bonchev–Trinajstić information content (AvgIpc) is 2.46. The van der Waals surface area contributed by atoms with Crippen LogP contribution in [0, 0.1) is 0 Å². The van der Waals surface area contributed by atoms with E-state index in [0.717, 1.165) is 43.6 Å². The van der Waals surface area contributed by atoms with Crippen molar-refractivity contribution in [2.75, 3.05) is 18.9 Å². The van der Waals surface area contributed by atoms with E-state index in [1.165, 1.54) is 0 Å². The van der Waals surface area contributed by atoms with Gasteiger partial charge in [-0.1, -0.05) is 13.8 Å². The second-order valence-electron chi connectivity index (χ2n) is 5.47. The third-order valence-electron chi connectivity index (χ3n) is 3.99. The van der Waals surface area contributed by atoms with Crippen molar-refractivity contribution < 1.29 is 9.84 Å². The van der Waals surface area contributed by atoms with Crippen molar-refractivity contribution in [1.82, 2.24) is 0 Å². The Balaban J connectivity index is 2.19. The van der Waals surface area contributed by atoms with Gasteiger partial charge in [0.25, 0.3) is 0 Å². The molecule has 1 fully saturated rings. The number of anilines is 1. The van der Waals surface area contributed by atoms with Crippen LogP contribution in [0.1, 0.15) is 50.2 Å². The number of aromatic hydroxyl groups is 1. The zero-order valence-corrected chi connectivity index (χ0v) is 12.3. The number of phenolic OH excluding ortho intramolecular Hbond substituents is 1. The first-order valence-electron chi connectivity index (χ1n) is 7.35. The lowest BCUT2D eigenvalue weighted by molar-refractivity contribution is 0.0872. The lowest BCUT2D eigenvalue weighted by Gasteiger charge is -2.18. The Morgan fingerprint density at radius 2 is 2.15 bits per heavy atom. The van der Waals surface area contributed by atoms with Crippen molar-refractivity contribution in [2.24, 2.45) is 4.99 Å². The summed E-state index contributed by atoms with van der Waals surface area (Å²) in [4.78, 5) is 4.60. The van der Waals surface area contributed by atoms with Crippen LogP contribution in [0.25, 0.3) is 0 Å². The number of nitrogens with two attached hydrogens (primary N) is 1. The first-order chi connectivity index (χ1) is 9.61. The minimum atomic E-state index is 0.278. The Hall–Kier alpha value is -1.55. The Bertz CT molecular complexity index is 480. The van der Waals surface area contributed by atoms with Gasteiger partial charge in [0.05, 0.1) is 6.04 Å². The Morgan fingerprint density at radius 1 is 1.45 bits per heavy atom. The molecule has 1 unspecified atom stereocenters. The van der Waals surface area contributed by atoms with Gasteiger partial charge in [-0.2, -0.15) is 0 Å². The molecule has 20 heavy (non-hydrogen) atoms. The summed E-state index contributed by atoms with van der Waals surface area (Å²) in [6, 6.07) is 3.91. The maximum Gasteiger partial charge on any atom is 0.121 e. The zero-order valence-electron chi connectivity index (χ0n) is 12.3. The summed E-state index contributed by atoms with van der Waals surface area (Å²) in [5, 5.41) is 9.99. The summed E-state index contributed by atoms with van der Waals surface area (Å²) < 4.78 is 5.32. The van der Waals surface area contributed by atoms with Gasteiger partial charge in [0.2, 0.25) is 0 Å². The second kappa shape index (κ2) is 6.75. The minimum Gasteiger partial charge on any atom is -0.508 e. The monoisotopic (exact) mass is 276 g/mol. The summed E-state index contributed by atoms with van der Waals surface area (Å²) in [7, 11) is 0. The zero-order chi connectivity index (χ0) is 14.5. The van der Waals surface area contributed by atoms with Crippen molar-refractivity contribution in [3.63, 3.8) is 0 Å². The predicted molar refractivity (Wildman–Crippen MR) is 82.7 cm³/mol. The second-order valence-corrected chi connectivity index (χ2v) is 5.47. The number of hydrogen-bond donors (Lipinski definition) is 2. The van der Waals surface area contributed by atoms with Crippen LogP contribution in [-0.4, -0.2) is 30.6 Å². The number of aliphatic imine (C=N–C) groups is 1. The van der Waals surface area contributed by atoms with Gasteiger partial charge in [-0.05, 0) is 36.8 Å². The van der Waals surface area contributed by atoms with E-state index in [4.69, 9.17) is 10.5 Å². The summed E-state index contributed by atoms with van der Waals surface area (Å²) in [5.74, 6) is 0.589. The molecular weight excluding hydrogens is 252 g/mol. The highest BCUT2D eigenvalue weighted by Crippen LogP contribution is 2.31. The number of hydrogen-bond acceptors (Lipinski definition) is 4. The normalized spacial score (nSPS) is 18.5. The number of nitrogens with zero attached hydrogens (tertiary/aromatic N) is 1. The van der Waals surface area contributed by atoms with Crippen LogP contribution in [0.15, 0.2) is 17.1 Å². The molecule has 1 aromatic carbocycles. The molecule has 110 valence electrons. The highest BCUT2D eigenvalue weighted by atomic mass is 16.5. The molecule has 1 aliphatic rings. The highest BCUT2D eigenvalue weighted by molar-refractivity contribution is 5.88. The first kappa shape index (κ1) is 14.9. The molecule has 1 saturated heterocycles. The summed E-state index contributed by atoms with van der Waals surface area (Å²) in [6.07, 6.45) is 4.75. The van der Waals surface area contributed by atoms with Gasteiger partial charge in [0.15, 0.2) is 0 Å². The molecule has 4 nitrogen and oxygen atoms in total.